The van der Waals surface area contributed by atoms with E-state index in [1.807, 2.05) is 39.9 Å². The number of amides is 2. The van der Waals surface area contributed by atoms with E-state index in [-0.39, 0.29) is 24.8 Å². The molecule has 1 aliphatic heterocycles. The van der Waals surface area contributed by atoms with Crippen LogP contribution in [0.25, 0.3) is 11.4 Å². The third-order valence-electron chi connectivity index (χ3n) is 4.70. The molecular formula is C20H21N5O3S. The molecule has 4 rings (SSSR count). The third kappa shape index (κ3) is 4.80. The average Bonchev–Trinajstić information content (AvgIpc) is 3.43. The summed E-state index contributed by atoms with van der Waals surface area (Å²) in [6.07, 6.45) is 2.47. The van der Waals surface area contributed by atoms with Crippen LogP contribution >= 0.6 is 11.3 Å². The van der Waals surface area contributed by atoms with E-state index < -0.39 is 0 Å². The SMILES string of the molecule is O=C(CCc1nc(-c2ccsc2)no1)NNC(=O)CN1CCCc2ccccc21. The molecule has 2 aromatic heterocycles. The van der Waals surface area contributed by atoms with Gasteiger partial charge in [-0.2, -0.15) is 16.3 Å². The maximum Gasteiger partial charge on any atom is 0.257 e. The van der Waals surface area contributed by atoms with Gasteiger partial charge in [0.15, 0.2) is 0 Å². The molecule has 0 spiro atoms. The number of para-hydroxylation sites is 1. The van der Waals surface area contributed by atoms with Gasteiger partial charge in [0.2, 0.25) is 17.6 Å². The molecule has 29 heavy (non-hydrogen) atoms. The van der Waals surface area contributed by atoms with Gasteiger partial charge in [-0.25, -0.2) is 0 Å². The van der Waals surface area contributed by atoms with Crippen molar-refractivity contribution in [2.45, 2.75) is 25.7 Å². The third-order valence-corrected chi connectivity index (χ3v) is 5.38. The summed E-state index contributed by atoms with van der Waals surface area (Å²) in [6, 6.07) is 9.99. The topological polar surface area (TPSA) is 100 Å². The summed E-state index contributed by atoms with van der Waals surface area (Å²) in [6.45, 7) is 1.02. The Bertz CT molecular complexity index is 986. The summed E-state index contributed by atoms with van der Waals surface area (Å²) < 4.78 is 5.17. The number of aryl methyl sites for hydroxylation is 2. The zero-order valence-electron chi connectivity index (χ0n) is 15.8. The molecule has 0 atom stereocenters. The zero-order chi connectivity index (χ0) is 20.1. The van der Waals surface area contributed by atoms with Gasteiger partial charge < -0.3 is 9.42 Å². The van der Waals surface area contributed by atoms with Crippen LogP contribution in [-0.4, -0.2) is 35.0 Å². The minimum absolute atomic E-state index is 0.137. The first-order valence-electron chi connectivity index (χ1n) is 9.45. The van der Waals surface area contributed by atoms with Gasteiger partial charge in [0.25, 0.3) is 5.91 Å². The number of hydrazine groups is 1. The number of rotatable bonds is 6. The van der Waals surface area contributed by atoms with E-state index >= 15 is 0 Å². The predicted octanol–water partition coefficient (Wildman–Crippen LogP) is 2.33. The molecular weight excluding hydrogens is 390 g/mol. The van der Waals surface area contributed by atoms with Gasteiger partial charge in [0, 0.05) is 36.0 Å². The molecule has 9 heteroatoms. The largest absolute Gasteiger partial charge is 0.362 e. The van der Waals surface area contributed by atoms with Crippen molar-refractivity contribution < 1.29 is 14.1 Å². The molecule has 0 fully saturated rings. The van der Waals surface area contributed by atoms with E-state index in [9.17, 15) is 9.59 Å². The highest BCUT2D eigenvalue weighted by atomic mass is 32.1. The Balaban J connectivity index is 1.21. The van der Waals surface area contributed by atoms with Crippen molar-refractivity contribution >= 4 is 28.8 Å². The van der Waals surface area contributed by atoms with Crippen LogP contribution in [0.5, 0.6) is 0 Å². The van der Waals surface area contributed by atoms with E-state index in [1.165, 1.54) is 5.56 Å². The van der Waals surface area contributed by atoms with Crippen molar-refractivity contribution in [2.75, 3.05) is 18.0 Å². The molecule has 0 aliphatic carbocycles. The number of fused-ring (bicyclic) bond motifs is 1. The highest BCUT2D eigenvalue weighted by Crippen LogP contribution is 2.26. The fraction of sp³-hybridized carbons (Fsp3) is 0.300. The van der Waals surface area contributed by atoms with E-state index in [0.717, 1.165) is 30.6 Å². The van der Waals surface area contributed by atoms with Crippen LogP contribution in [0, 0.1) is 0 Å². The van der Waals surface area contributed by atoms with Crippen molar-refractivity contribution in [2.24, 2.45) is 0 Å². The van der Waals surface area contributed by atoms with Gasteiger partial charge in [-0.05, 0) is 35.9 Å². The van der Waals surface area contributed by atoms with Gasteiger partial charge >= 0.3 is 0 Å². The zero-order valence-corrected chi connectivity index (χ0v) is 16.6. The molecule has 0 saturated heterocycles. The Labute approximate surface area is 171 Å². The first kappa shape index (κ1) is 19.1. The first-order chi connectivity index (χ1) is 14.2. The quantitative estimate of drug-likeness (QED) is 0.604. The highest BCUT2D eigenvalue weighted by molar-refractivity contribution is 7.08. The number of carbonyl (C=O) groups excluding carboxylic acids is 2. The summed E-state index contributed by atoms with van der Waals surface area (Å²) in [5, 5.41) is 7.77. The number of thiophene rings is 1. The van der Waals surface area contributed by atoms with Crippen LogP contribution in [0.2, 0.25) is 0 Å². The molecule has 1 aliphatic rings. The van der Waals surface area contributed by atoms with Gasteiger partial charge in [-0.15, -0.1) is 0 Å². The summed E-state index contributed by atoms with van der Waals surface area (Å²) in [4.78, 5) is 30.6. The lowest BCUT2D eigenvalue weighted by Crippen LogP contribution is -2.47. The summed E-state index contributed by atoms with van der Waals surface area (Å²) in [5.41, 5.74) is 8.14. The predicted molar refractivity (Wildman–Crippen MR) is 109 cm³/mol. The van der Waals surface area contributed by atoms with Crippen LogP contribution < -0.4 is 15.8 Å². The van der Waals surface area contributed by atoms with Crippen LogP contribution in [0.3, 0.4) is 0 Å². The Morgan fingerprint density at radius 2 is 2.03 bits per heavy atom. The van der Waals surface area contributed by atoms with Gasteiger partial charge in [-0.1, -0.05) is 23.4 Å². The second kappa shape index (κ2) is 8.87. The van der Waals surface area contributed by atoms with Gasteiger partial charge in [0.1, 0.15) is 0 Å². The number of anilines is 1. The van der Waals surface area contributed by atoms with Crippen molar-refractivity contribution in [1.29, 1.82) is 0 Å². The average molecular weight is 411 g/mol. The van der Waals surface area contributed by atoms with Crippen molar-refractivity contribution in [3.05, 3.63) is 52.5 Å². The Morgan fingerprint density at radius 1 is 1.17 bits per heavy atom. The Hall–Kier alpha value is -3.20. The second-order valence-electron chi connectivity index (χ2n) is 6.77. The molecule has 0 saturated carbocycles. The number of nitrogens with one attached hydrogen (secondary N) is 2. The standard InChI is InChI=1S/C20H21N5O3S/c26-17(7-8-19-21-20(24-28-19)15-9-11-29-13-15)22-23-18(27)12-25-10-3-5-14-4-1-2-6-16(14)25/h1-2,4,6,9,11,13H,3,5,7-8,10,12H2,(H,22,26)(H,23,27). The molecule has 3 aromatic rings. The highest BCUT2D eigenvalue weighted by Gasteiger charge is 2.19. The maximum absolute atomic E-state index is 12.2. The van der Waals surface area contributed by atoms with Crippen LogP contribution in [0.15, 0.2) is 45.6 Å². The fourth-order valence-corrected chi connectivity index (χ4v) is 3.91. The molecule has 0 radical (unpaired) electrons. The van der Waals surface area contributed by atoms with Crippen LogP contribution in [-0.2, 0) is 22.4 Å². The van der Waals surface area contributed by atoms with Crippen LogP contribution in [0.4, 0.5) is 5.69 Å². The Morgan fingerprint density at radius 3 is 2.90 bits per heavy atom. The lowest BCUT2D eigenvalue weighted by Gasteiger charge is -2.30. The maximum atomic E-state index is 12.2. The molecule has 8 nitrogen and oxygen atoms in total. The molecule has 0 unspecified atom stereocenters. The number of aromatic nitrogens is 2. The minimum Gasteiger partial charge on any atom is -0.362 e. The smallest absolute Gasteiger partial charge is 0.257 e. The van der Waals surface area contributed by atoms with Gasteiger partial charge in [0.05, 0.1) is 6.54 Å². The van der Waals surface area contributed by atoms with E-state index in [2.05, 4.69) is 27.1 Å². The first-order valence-corrected chi connectivity index (χ1v) is 10.4. The fourth-order valence-electron chi connectivity index (χ4n) is 3.28. The number of hydrogen-bond donors (Lipinski definition) is 2. The van der Waals surface area contributed by atoms with Crippen LogP contribution in [0.1, 0.15) is 24.3 Å². The lowest BCUT2D eigenvalue weighted by atomic mass is 10.0. The summed E-state index contributed by atoms with van der Waals surface area (Å²) in [5.74, 6) is 0.328. The number of carbonyl (C=O) groups is 2. The Kier molecular flexibility index (Phi) is 5.85. The normalized spacial score (nSPS) is 13.0. The lowest BCUT2D eigenvalue weighted by molar-refractivity contribution is -0.128. The monoisotopic (exact) mass is 411 g/mol. The number of nitrogens with zero attached hydrogens (tertiary/aromatic N) is 3. The van der Waals surface area contributed by atoms with Crippen molar-refractivity contribution in [3.63, 3.8) is 0 Å². The van der Waals surface area contributed by atoms with Crippen molar-refractivity contribution in [1.82, 2.24) is 21.0 Å². The van der Waals surface area contributed by atoms with Gasteiger partial charge in [-0.3, -0.25) is 20.4 Å². The van der Waals surface area contributed by atoms with E-state index in [4.69, 9.17) is 4.52 Å². The second-order valence-corrected chi connectivity index (χ2v) is 7.55. The molecule has 150 valence electrons. The van der Waals surface area contributed by atoms with Crippen molar-refractivity contribution in [3.8, 4) is 11.4 Å². The number of benzene rings is 1. The molecule has 2 N–H and O–H groups in total. The molecule has 2 amide bonds. The number of hydrogen-bond acceptors (Lipinski definition) is 7. The molecule has 3 heterocycles. The summed E-state index contributed by atoms with van der Waals surface area (Å²) in [7, 11) is 0. The van der Waals surface area contributed by atoms with E-state index in [0.29, 0.717) is 18.1 Å². The summed E-state index contributed by atoms with van der Waals surface area (Å²) >= 11 is 1.55. The minimum atomic E-state index is -0.312. The molecule has 0 bridgehead atoms. The van der Waals surface area contributed by atoms with E-state index in [1.54, 1.807) is 11.3 Å². The molecule has 1 aromatic carbocycles.